The summed E-state index contributed by atoms with van der Waals surface area (Å²) in [5.74, 6) is 0.317. The van der Waals surface area contributed by atoms with Crippen LogP contribution < -0.4 is 5.32 Å². The molecule has 1 atom stereocenters. The molecule has 0 spiro atoms. The van der Waals surface area contributed by atoms with Gasteiger partial charge in [0.25, 0.3) is 0 Å². The van der Waals surface area contributed by atoms with Gasteiger partial charge in [-0.25, -0.2) is 0 Å². The quantitative estimate of drug-likeness (QED) is 0.822. The summed E-state index contributed by atoms with van der Waals surface area (Å²) in [5.41, 5.74) is 2.50. The van der Waals surface area contributed by atoms with E-state index < -0.39 is 0 Å². The Labute approximate surface area is 98.8 Å². The molecule has 0 radical (unpaired) electrons. The number of halogens is 1. The smallest absolute Gasteiger partial charge is 0.130 e. The molecule has 0 bridgehead atoms. The van der Waals surface area contributed by atoms with Crippen molar-refractivity contribution in [3.63, 3.8) is 0 Å². The van der Waals surface area contributed by atoms with E-state index in [0.29, 0.717) is 5.75 Å². The van der Waals surface area contributed by atoms with Crippen molar-refractivity contribution in [2.24, 2.45) is 0 Å². The highest BCUT2D eigenvalue weighted by Gasteiger charge is 2.31. The van der Waals surface area contributed by atoms with Crippen molar-refractivity contribution in [2.75, 3.05) is 6.54 Å². The SMILES string of the molecule is Cc1cc(O)c(Br)cc1C1(C)CCCN1. The van der Waals surface area contributed by atoms with Gasteiger partial charge < -0.3 is 10.4 Å². The molecule has 1 unspecified atom stereocenters. The number of phenolic OH excluding ortho intramolecular Hbond substituents is 1. The monoisotopic (exact) mass is 269 g/mol. The maximum atomic E-state index is 9.58. The van der Waals surface area contributed by atoms with Crippen LogP contribution in [0.3, 0.4) is 0 Å². The summed E-state index contributed by atoms with van der Waals surface area (Å²) < 4.78 is 0.776. The molecule has 15 heavy (non-hydrogen) atoms. The number of aromatic hydroxyl groups is 1. The van der Waals surface area contributed by atoms with Crippen LogP contribution in [-0.4, -0.2) is 11.7 Å². The van der Waals surface area contributed by atoms with E-state index in [4.69, 9.17) is 0 Å². The van der Waals surface area contributed by atoms with E-state index in [2.05, 4.69) is 28.2 Å². The Bertz CT molecular complexity index is 383. The second-order valence-corrected chi connectivity index (χ2v) is 5.34. The summed E-state index contributed by atoms with van der Waals surface area (Å²) in [6, 6.07) is 3.85. The zero-order valence-electron chi connectivity index (χ0n) is 9.10. The Morgan fingerprint density at radius 1 is 1.47 bits per heavy atom. The molecule has 1 fully saturated rings. The molecule has 1 heterocycles. The summed E-state index contributed by atoms with van der Waals surface area (Å²) in [4.78, 5) is 0. The first-order valence-electron chi connectivity index (χ1n) is 5.27. The van der Waals surface area contributed by atoms with Crippen LogP contribution in [0.25, 0.3) is 0 Å². The van der Waals surface area contributed by atoms with Crippen LogP contribution in [0.2, 0.25) is 0 Å². The number of nitrogens with one attached hydrogen (secondary N) is 1. The molecule has 2 N–H and O–H groups in total. The number of hydrogen-bond donors (Lipinski definition) is 2. The van der Waals surface area contributed by atoms with Crippen molar-refractivity contribution >= 4 is 15.9 Å². The van der Waals surface area contributed by atoms with Gasteiger partial charge in [-0.1, -0.05) is 0 Å². The van der Waals surface area contributed by atoms with Crippen LogP contribution in [0.1, 0.15) is 30.9 Å². The molecule has 1 saturated heterocycles. The third kappa shape index (κ3) is 1.91. The van der Waals surface area contributed by atoms with E-state index in [0.717, 1.165) is 23.0 Å². The highest BCUT2D eigenvalue weighted by Crippen LogP contribution is 2.37. The lowest BCUT2D eigenvalue weighted by Gasteiger charge is -2.27. The van der Waals surface area contributed by atoms with Crippen molar-refractivity contribution in [3.8, 4) is 5.75 Å². The molecule has 0 amide bonds. The summed E-state index contributed by atoms with van der Waals surface area (Å²) in [6.45, 7) is 5.35. The fraction of sp³-hybridized carbons (Fsp3) is 0.500. The summed E-state index contributed by atoms with van der Waals surface area (Å²) in [5, 5.41) is 13.1. The maximum absolute atomic E-state index is 9.58. The lowest BCUT2D eigenvalue weighted by atomic mass is 9.87. The van der Waals surface area contributed by atoms with Gasteiger partial charge in [-0.2, -0.15) is 0 Å². The second kappa shape index (κ2) is 3.80. The first kappa shape index (κ1) is 11.0. The first-order chi connectivity index (χ1) is 7.03. The van der Waals surface area contributed by atoms with Crippen LogP contribution in [0.4, 0.5) is 0 Å². The molecule has 1 aromatic rings. The van der Waals surface area contributed by atoms with E-state index in [9.17, 15) is 5.11 Å². The van der Waals surface area contributed by atoms with E-state index in [1.807, 2.05) is 19.1 Å². The maximum Gasteiger partial charge on any atom is 0.130 e. The number of rotatable bonds is 1. The lowest BCUT2D eigenvalue weighted by Crippen LogP contribution is -2.33. The number of aryl methyl sites for hydroxylation is 1. The topological polar surface area (TPSA) is 32.3 Å². The summed E-state index contributed by atoms with van der Waals surface area (Å²) in [6.07, 6.45) is 2.37. The van der Waals surface area contributed by atoms with Crippen LogP contribution in [-0.2, 0) is 5.54 Å². The molecule has 2 nitrogen and oxygen atoms in total. The Hall–Kier alpha value is -0.540. The Kier molecular flexibility index (Phi) is 2.77. The molecule has 0 aromatic heterocycles. The van der Waals surface area contributed by atoms with Gasteiger partial charge in [0.15, 0.2) is 0 Å². The normalized spacial score (nSPS) is 25.8. The van der Waals surface area contributed by atoms with Crippen molar-refractivity contribution in [1.82, 2.24) is 5.32 Å². The Morgan fingerprint density at radius 3 is 2.80 bits per heavy atom. The van der Waals surface area contributed by atoms with Gasteiger partial charge in [0, 0.05) is 5.54 Å². The third-order valence-electron chi connectivity index (χ3n) is 3.26. The van der Waals surface area contributed by atoms with Crippen LogP contribution in [0, 0.1) is 6.92 Å². The minimum Gasteiger partial charge on any atom is -0.507 e. The summed E-state index contributed by atoms with van der Waals surface area (Å²) >= 11 is 3.37. The average Bonchev–Trinajstić information content (AvgIpc) is 2.60. The lowest BCUT2D eigenvalue weighted by molar-refractivity contribution is 0.428. The molecule has 3 heteroatoms. The van der Waals surface area contributed by atoms with Crippen LogP contribution >= 0.6 is 15.9 Å². The Balaban J connectivity index is 2.48. The van der Waals surface area contributed by atoms with Gasteiger partial charge in [0.05, 0.1) is 4.47 Å². The minimum atomic E-state index is 0.0697. The van der Waals surface area contributed by atoms with Crippen molar-refractivity contribution in [2.45, 2.75) is 32.2 Å². The van der Waals surface area contributed by atoms with E-state index in [1.165, 1.54) is 12.0 Å². The molecule has 1 aromatic carbocycles. The van der Waals surface area contributed by atoms with Crippen molar-refractivity contribution < 1.29 is 5.11 Å². The van der Waals surface area contributed by atoms with Gasteiger partial charge in [-0.3, -0.25) is 0 Å². The Morgan fingerprint density at radius 2 is 2.20 bits per heavy atom. The first-order valence-corrected chi connectivity index (χ1v) is 6.07. The van der Waals surface area contributed by atoms with Crippen LogP contribution in [0.15, 0.2) is 16.6 Å². The standard InChI is InChI=1S/C12H16BrNO/c1-8-6-11(15)10(13)7-9(8)12(2)4-3-5-14-12/h6-7,14-15H,3-5H2,1-2H3. The molecule has 2 rings (SSSR count). The minimum absolute atomic E-state index is 0.0697. The fourth-order valence-electron chi connectivity index (χ4n) is 2.39. The zero-order chi connectivity index (χ0) is 11.1. The van der Waals surface area contributed by atoms with Gasteiger partial charge >= 0.3 is 0 Å². The molecule has 82 valence electrons. The number of benzene rings is 1. The van der Waals surface area contributed by atoms with Crippen LogP contribution in [0.5, 0.6) is 5.75 Å². The van der Waals surface area contributed by atoms with E-state index in [-0.39, 0.29) is 5.54 Å². The van der Waals surface area contributed by atoms with E-state index >= 15 is 0 Å². The van der Waals surface area contributed by atoms with Gasteiger partial charge in [0.1, 0.15) is 5.75 Å². The van der Waals surface area contributed by atoms with E-state index in [1.54, 1.807) is 0 Å². The molecule has 0 aliphatic carbocycles. The van der Waals surface area contributed by atoms with Crippen molar-refractivity contribution in [3.05, 3.63) is 27.7 Å². The van der Waals surface area contributed by atoms with Gasteiger partial charge in [-0.05, 0) is 72.4 Å². The molecule has 1 aliphatic rings. The number of hydrogen-bond acceptors (Lipinski definition) is 2. The number of phenols is 1. The predicted octanol–water partition coefficient (Wildman–Crippen LogP) is 3.06. The summed E-state index contributed by atoms with van der Waals surface area (Å²) in [7, 11) is 0. The van der Waals surface area contributed by atoms with Gasteiger partial charge in [-0.15, -0.1) is 0 Å². The molecule has 0 saturated carbocycles. The highest BCUT2D eigenvalue weighted by atomic mass is 79.9. The largest absolute Gasteiger partial charge is 0.507 e. The highest BCUT2D eigenvalue weighted by molar-refractivity contribution is 9.10. The zero-order valence-corrected chi connectivity index (χ0v) is 10.7. The second-order valence-electron chi connectivity index (χ2n) is 4.48. The average molecular weight is 270 g/mol. The van der Waals surface area contributed by atoms with Gasteiger partial charge in [0.2, 0.25) is 0 Å². The van der Waals surface area contributed by atoms with Crippen molar-refractivity contribution in [1.29, 1.82) is 0 Å². The third-order valence-corrected chi connectivity index (χ3v) is 3.89. The molecular weight excluding hydrogens is 254 g/mol. The molecule has 1 aliphatic heterocycles. The molecular formula is C12H16BrNO. The fourth-order valence-corrected chi connectivity index (χ4v) is 2.73. The predicted molar refractivity (Wildman–Crippen MR) is 65.1 cm³/mol.